The molecule has 17 heavy (non-hydrogen) atoms. The highest BCUT2D eigenvalue weighted by atomic mass is 32.1. The summed E-state index contributed by atoms with van der Waals surface area (Å²) in [6, 6.07) is 0. The van der Waals surface area contributed by atoms with Crippen LogP contribution >= 0.6 is 12.2 Å². The minimum atomic E-state index is -0.951. The van der Waals surface area contributed by atoms with Gasteiger partial charge in [0.25, 0.3) is 0 Å². The van der Waals surface area contributed by atoms with Crippen LogP contribution in [0.4, 0.5) is 0 Å². The Morgan fingerprint density at radius 3 is 2.47 bits per heavy atom. The third-order valence-electron chi connectivity index (χ3n) is 3.74. The number of hydrogen-bond donors (Lipinski definition) is 1. The number of thiocarbonyl (C=S) groups is 1. The average molecular weight is 256 g/mol. The zero-order chi connectivity index (χ0) is 13.2. The first kappa shape index (κ1) is 14.1. The first-order valence-electron chi connectivity index (χ1n) is 6.05. The SMILES string of the molecule is CCC[C@@H](C)[C@@]1(CC)C(=O)NC(=S)N(C)C1=O. The summed E-state index contributed by atoms with van der Waals surface area (Å²) in [7, 11) is 1.62. The minimum Gasteiger partial charge on any atom is -0.302 e. The van der Waals surface area contributed by atoms with E-state index in [0.29, 0.717) is 6.42 Å². The van der Waals surface area contributed by atoms with Gasteiger partial charge in [-0.3, -0.25) is 14.5 Å². The topological polar surface area (TPSA) is 49.4 Å². The molecule has 1 fully saturated rings. The molecule has 0 saturated carbocycles. The van der Waals surface area contributed by atoms with Crippen molar-refractivity contribution in [1.82, 2.24) is 10.2 Å². The Morgan fingerprint density at radius 2 is 2.00 bits per heavy atom. The Kier molecular flexibility index (Phi) is 4.25. The van der Waals surface area contributed by atoms with Crippen LogP contribution in [-0.2, 0) is 9.59 Å². The molecular formula is C12H20N2O2S. The lowest BCUT2D eigenvalue weighted by atomic mass is 9.69. The van der Waals surface area contributed by atoms with Gasteiger partial charge in [0.15, 0.2) is 5.11 Å². The van der Waals surface area contributed by atoms with Gasteiger partial charge < -0.3 is 5.32 Å². The third kappa shape index (κ3) is 2.08. The Labute approximate surface area is 108 Å². The van der Waals surface area contributed by atoms with Gasteiger partial charge in [0, 0.05) is 7.05 Å². The number of carbonyl (C=O) groups is 2. The van der Waals surface area contributed by atoms with E-state index in [1.54, 1.807) is 7.05 Å². The van der Waals surface area contributed by atoms with Gasteiger partial charge in [-0.1, -0.05) is 27.2 Å². The molecule has 0 radical (unpaired) electrons. The van der Waals surface area contributed by atoms with E-state index < -0.39 is 5.41 Å². The normalized spacial score (nSPS) is 27.1. The van der Waals surface area contributed by atoms with E-state index in [1.165, 1.54) is 4.90 Å². The van der Waals surface area contributed by atoms with Crippen molar-refractivity contribution in [3.63, 3.8) is 0 Å². The predicted molar refractivity (Wildman–Crippen MR) is 70.3 cm³/mol. The molecule has 1 N–H and O–H groups in total. The van der Waals surface area contributed by atoms with E-state index in [-0.39, 0.29) is 22.8 Å². The Hall–Kier alpha value is -0.970. The van der Waals surface area contributed by atoms with E-state index in [2.05, 4.69) is 12.2 Å². The lowest BCUT2D eigenvalue weighted by Crippen LogP contribution is -2.64. The molecule has 96 valence electrons. The molecule has 0 spiro atoms. The van der Waals surface area contributed by atoms with Crippen molar-refractivity contribution in [1.29, 1.82) is 0 Å². The van der Waals surface area contributed by atoms with E-state index in [0.717, 1.165) is 12.8 Å². The Bertz CT molecular complexity index is 356. The number of carbonyl (C=O) groups excluding carboxylic acids is 2. The van der Waals surface area contributed by atoms with Crippen LogP contribution in [0.3, 0.4) is 0 Å². The van der Waals surface area contributed by atoms with Crippen molar-refractivity contribution in [2.24, 2.45) is 11.3 Å². The molecule has 0 unspecified atom stereocenters. The zero-order valence-electron chi connectivity index (χ0n) is 10.9. The quantitative estimate of drug-likeness (QED) is 0.615. The largest absolute Gasteiger partial charge is 0.302 e. The fraction of sp³-hybridized carbons (Fsp3) is 0.750. The third-order valence-corrected chi connectivity index (χ3v) is 4.11. The number of nitrogens with one attached hydrogen (secondary N) is 1. The van der Waals surface area contributed by atoms with E-state index >= 15 is 0 Å². The second kappa shape index (κ2) is 5.12. The smallest absolute Gasteiger partial charge is 0.244 e. The summed E-state index contributed by atoms with van der Waals surface area (Å²) < 4.78 is 0. The first-order valence-corrected chi connectivity index (χ1v) is 6.46. The highest BCUT2D eigenvalue weighted by molar-refractivity contribution is 7.80. The second-order valence-corrected chi connectivity index (χ2v) is 5.02. The lowest BCUT2D eigenvalue weighted by molar-refractivity contribution is -0.153. The highest BCUT2D eigenvalue weighted by Crippen LogP contribution is 2.38. The molecule has 0 aromatic rings. The van der Waals surface area contributed by atoms with Crippen molar-refractivity contribution in [3.8, 4) is 0 Å². The molecule has 0 aromatic heterocycles. The van der Waals surface area contributed by atoms with Crippen molar-refractivity contribution in [3.05, 3.63) is 0 Å². The van der Waals surface area contributed by atoms with E-state index in [4.69, 9.17) is 12.2 Å². The summed E-state index contributed by atoms with van der Waals surface area (Å²) in [5.74, 6) is -0.390. The molecule has 2 amide bonds. The predicted octanol–water partition coefficient (Wildman–Crippen LogP) is 1.69. The standard InChI is InChI=1S/C12H20N2O2S/c1-5-7-8(3)12(6-2)9(15)13-11(17)14(4)10(12)16/h8H,5-7H2,1-4H3,(H,13,15,17)/t8-,12+/m1/s1. The molecule has 1 rings (SSSR count). The van der Waals surface area contributed by atoms with Gasteiger partial charge in [0.1, 0.15) is 5.41 Å². The van der Waals surface area contributed by atoms with Crippen LogP contribution in [0.5, 0.6) is 0 Å². The van der Waals surface area contributed by atoms with Gasteiger partial charge in [-0.15, -0.1) is 0 Å². The molecule has 0 aromatic carbocycles. The first-order chi connectivity index (χ1) is 7.91. The molecule has 0 bridgehead atoms. The van der Waals surface area contributed by atoms with Crippen molar-refractivity contribution in [2.45, 2.75) is 40.0 Å². The summed E-state index contributed by atoms with van der Waals surface area (Å²) in [5, 5.41) is 2.84. The molecule has 0 aliphatic carbocycles. The van der Waals surface area contributed by atoms with E-state index in [9.17, 15) is 9.59 Å². The molecular weight excluding hydrogens is 236 g/mol. The molecule has 2 atom stereocenters. The van der Waals surface area contributed by atoms with Crippen LogP contribution in [-0.4, -0.2) is 28.9 Å². The second-order valence-electron chi connectivity index (χ2n) is 4.64. The van der Waals surface area contributed by atoms with Crippen LogP contribution in [0.1, 0.15) is 40.0 Å². The number of rotatable bonds is 4. The average Bonchev–Trinajstić information content (AvgIpc) is 2.28. The van der Waals surface area contributed by atoms with Crippen LogP contribution in [0.2, 0.25) is 0 Å². The number of amides is 2. The maximum absolute atomic E-state index is 12.4. The Morgan fingerprint density at radius 1 is 1.41 bits per heavy atom. The lowest BCUT2D eigenvalue weighted by Gasteiger charge is -2.42. The monoisotopic (exact) mass is 256 g/mol. The zero-order valence-corrected chi connectivity index (χ0v) is 11.7. The summed E-state index contributed by atoms with van der Waals surface area (Å²) in [5.41, 5.74) is -0.951. The summed E-state index contributed by atoms with van der Waals surface area (Å²) in [6.07, 6.45) is 2.32. The van der Waals surface area contributed by atoms with Crippen LogP contribution in [0.15, 0.2) is 0 Å². The number of hydrogen-bond acceptors (Lipinski definition) is 3. The van der Waals surface area contributed by atoms with Gasteiger partial charge in [-0.25, -0.2) is 0 Å². The summed E-state index contributed by atoms with van der Waals surface area (Å²) in [6.45, 7) is 5.90. The Balaban J connectivity index is 3.15. The van der Waals surface area contributed by atoms with Crippen molar-refractivity contribution >= 4 is 29.1 Å². The van der Waals surface area contributed by atoms with Gasteiger partial charge in [0.2, 0.25) is 11.8 Å². The molecule has 1 heterocycles. The van der Waals surface area contributed by atoms with Crippen molar-refractivity contribution in [2.75, 3.05) is 7.05 Å². The molecule has 1 aliphatic rings. The molecule has 1 saturated heterocycles. The van der Waals surface area contributed by atoms with Crippen LogP contribution < -0.4 is 5.32 Å². The van der Waals surface area contributed by atoms with E-state index in [1.807, 2.05) is 13.8 Å². The van der Waals surface area contributed by atoms with Crippen LogP contribution in [0.25, 0.3) is 0 Å². The molecule has 4 nitrogen and oxygen atoms in total. The maximum atomic E-state index is 12.4. The van der Waals surface area contributed by atoms with Crippen LogP contribution in [0, 0.1) is 11.3 Å². The molecule has 5 heteroatoms. The molecule has 1 aliphatic heterocycles. The highest BCUT2D eigenvalue weighted by Gasteiger charge is 2.53. The van der Waals surface area contributed by atoms with Gasteiger partial charge >= 0.3 is 0 Å². The minimum absolute atomic E-state index is 0.0237. The fourth-order valence-corrected chi connectivity index (χ4v) is 2.73. The van der Waals surface area contributed by atoms with Gasteiger partial charge in [-0.05, 0) is 31.0 Å². The fourth-order valence-electron chi connectivity index (χ4n) is 2.56. The summed E-state index contributed by atoms with van der Waals surface area (Å²) in [4.78, 5) is 26.0. The van der Waals surface area contributed by atoms with Gasteiger partial charge in [0.05, 0.1) is 0 Å². The van der Waals surface area contributed by atoms with Crippen molar-refractivity contribution < 1.29 is 9.59 Å². The van der Waals surface area contributed by atoms with Gasteiger partial charge in [-0.2, -0.15) is 0 Å². The summed E-state index contributed by atoms with van der Waals surface area (Å²) >= 11 is 4.96. The maximum Gasteiger partial charge on any atom is 0.244 e. The number of nitrogens with zero attached hydrogens (tertiary/aromatic N) is 1.